The van der Waals surface area contributed by atoms with Gasteiger partial charge < -0.3 is 9.84 Å². The third-order valence-electron chi connectivity index (χ3n) is 3.26. The van der Waals surface area contributed by atoms with E-state index in [0.29, 0.717) is 18.6 Å². The van der Waals surface area contributed by atoms with Gasteiger partial charge in [0.1, 0.15) is 23.1 Å². The first kappa shape index (κ1) is 12.1. The maximum absolute atomic E-state index is 13.1. The van der Waals surface area contributed by atoms with Crippen LogP contribution in [-0.4, -0.2) is 5.11 Å². The molecule has 2 nitrogen and oxygen atoms in total. The fourth-order valence-electron chi connectivity index (χ4n) is 2.41. The van der Waals surface area contributed by atoms with Crippen LogP contribution in [0.4, 0.5) is 8.78 Å². The highest BCUT2D eigenvalue weighted by Gasteiger charge is 2.23. The lowest BCUT2D eigenvalue weighted by Gasteiger charge is -2.11. The van der Waals surface area contributed by atoms with Gasteiger partial charge in [-0.25, -0.2) is 8.78 Å². The van der Waals surface area contributed by atoms with Gasteiger partial charge in [-0.05, 0) is 24.5 Å². The molecule has 0 radical (unpaired) electrons. The number of aliphatic hydroxyl groups excluding tert-OH is 1. The maximum atomic E-state index is 13.1. The van der Waals surface area contributed by atoms with Crippen LogP contribution in [0.15, 0.2) is 36.4 Å². The predicted octanol–water partition coefficient (Wildman–Crippen LogP) is 3.74. The van der Waals surface area contributed by atoms with Crippen LogP contribution < -0.4 is 4.74 Å². The van der Waals surface area contributed by atoms with E-state index < -0.39 is 17.7 Å². The Morgan fingerprint density at radius 2 is 1.84 bits per heavy atom. The molecule has 0 saturated carbocycles. The topological polar surface area (TPSA) is 29.5 Å². The first-order chi connectivity index (χ1) is 9.13. The Hall–Kier alpha value is -1.94. The van der Waals surface area contributed by atoms with Crippen molar-refractivity contribution in [2.75, 3.05) is 0 Å². The van der Waals surface area contributed by atoms with Crippen molar-refractivity contribution in [2.24, 2.45) is 0 Å². The molecule has 2 aromatic rings. The van der Waals surface area contributed by atoms with Crippen LogP contribution in [-0.2, 0) is 6.42 Å². The van der Waals surface area contributed by atoms with E-state index in [9.17, 15) is 13.9 Å². The van der Waals surface area contributed by atoms with E-state index in [4.69, 9.17) is 4.74 Å². The average molecular weight is 262 g/mol. The van der Waals surface area contributed by atoms with Gasteiger partial charge in [-0.1, -0.05) is 12.1 Å². The van der Waals surface area contributed by atoms with Crippen LogP contribution in [0.5, 0.6) is 11.5 Å². The summed E-state index contributed by atoms with van der Waals surface area (Å²) in [5.41, 5.74) is 1.73. The summed E-state index contributed by atoms with van der Waals surface area (Å²) in [6.45, 7) is 0. The first-order valence-electron chi connectivity index (χ1n) is 6.07. The van der Waals surface area contributed by atoms with E-state index in [1.807, 2.05) is 6.07 Å². The zero-order valence-electron chi connectivity index (χ0n) is 10.1. The quantitative estimate of drug-likeness (QED) is 0.893. The van der Waals surface area contributed by atoms with Gasteiger partial charge in [-0.15, -0.1) is 0 Å². The highest BCUT2D eigenvalue weighted by molar-refractivity contribution is 5.46. The lowest BCUT2D eigenvalue weighted by molar-refractivity contribution is 0.180. The van der Waals surface area contributed by atoms with Crippen LogP contribution in [0.3, 0.4) is 0 Å². The van der Waals surface area contributed by atoms with Gasteiger partial charge in [0.2, 0.25) is 0 Å². The van der Waals surface area contributed by atoms with E-state index in [0.717, 1.165) is 29.3 Å². The molecule has 1 atom stereocenters. The zero-order chi connectivity index (χ0) is 13.4. The van der Waals surface area contributed by atoms with Gasteiger partial charge in [0.25, 0.3) is 0 Å². The van der Waals surface area contributed by atoms with Crippen LogP contribution in [0, 0.1) is 11.6 Å². The van der Waals surface area contributed by atoms with Crippen molar-refractivity contribution >= 4 is 0 Å². The largest absolute Gasteiger partial charge is 0.457 e. The summed E-state index contributed by atoms with van der Waals surface area (Å²) in [5.74, 6) is -0.698. The molecule has 98 valence electrons. The van der Waals surface area contributed by atoms with Gasteiger partial charge in [0.05, 0.1) is 6.10 Å². The van der Waals surface area contributed by atoms with E-state index in [1.54, 1.807) is 12.1 Å². The SMILES string of the molecule is OC1CCc2c(Oc3cc(F)cc(F)c3)cccc21. The third-order valence-corrected chi connectivity index (χ3v) is 3.26. The van der Waals surface area contributed by atoms with Gasteiger partial charge in [0, 0.05) is 23.8 Å². The van der Waals surface area contributed by atoms with Crippen molar-refractivity contribution in [1.82, 2.24) is 0 Å². The van der Waals surface area contributed by atoms with Crippen LogP contribution in [0.1, 0.15) is 23.7 Å². The zero-order valence-corrected chi connectivity index (χ0v) is 10.1. The molecule has 0 spiro atoms. The van der Waals surface area contributed by atoms with Crippen molar-refractivity contribution in [3.63, 3.8) is 0 Å². The van der Waals surface area contributed by atoms with Crippen LogP contribution >= 0.6 is 0 Å². The van der Waals surface area contributed by atoms with Gasteiger partial charge in [-0.3, -0.25) is 0 Å². The Labute approximate surface area is 109 Å². The van der Waals surface area contributed by atoms with E-state index in [1.165, 1.54) is 0 Å². The number of benzene rings is 2. The maximum Gasteiger partial charge on any atom is 0.133 e. The second-order valence-corrected chi connectivity index (χ2v) is 4.59. The lowest BCUT2D eigenvalue weighted by atomic mass is 10.1. The number of ether oxygens (including phenoxy) is 1. The molecule has 0 aliphatic heterocycles. The van der Waals surface area contributed by atoms with Gasteiger partial charge in [0.15, 0.2) is 0 Å². The van der Waals surface area contributed by atoms with E-state index >= 15 is 0 Å². The van der Waals surface area contributed by atoms with E-state index in [2.05, 4.69) is 0 Å². The number of rotatable bonds is 2. The Morgan fingerprint density at radius 3 is 2.58 bits per heavy atom. The Kier molecular flexibility index (Phi) is 2.95. The Morgan fingerprint density at radius 1 is 1.11 bits per heavy atom. The molecular weight excluding hydrogens is 250 g/mol. The summed E-state index contributed by atoms with van der Waals surface area (Å²) in [5, 5.41) is 9.78. The molecule has 2 aromatic carbocycles. The Bertz CT molecular complexity index is 605. The van der Waals surface area contributed by atoms with Crippen LogP contribution in [0.25, 0.3) is 0 Å². The number of aliphatic hydroxyl groups is 1. The van der Waals surface area contributed by atoms with E-state index in [-0.39, 0.29) is 5.75 Å². The minimum atomic E-state index is -0.678. The first-order valence-corrected chi connectivity index (χ1v) is 6.07. The summed E-state index contributed by atoms with van der Waals surface area (Å²) in [4.78, 5) is 0. The van der Waals surface area contributed by atoms with Gasteiger partial charge >= 0.3 is 0 Å². The van der Waals surface area contributed by atoms with Crippen molar-refractivity contribution in [3.8, 4) is 11.5 Å². The number of hydrogen-bond acceptors (Lipinski definition) is 2. The predicted molar refractivity (Wildman–Crippen MR) is 66.2 cm³/mol. The highest BCUT2D eigenvalue weighted by atomic mass is 19.1. The normalized spacial score (nSPS) is 17.3. The molecule has 0 aromatic heterocycles. The summed E-state index contributed by atoms with van der Waals surface area (Å²) in [7, 11) is 0. The van der Waals surface area contributed by atoms with Crippen molar-refractivity contribution in [3.05, 3.63) is 59.2 Å². The van der Waals surface area contributed by atoms with Crippen molar-refractivity contribution < 1.29 is 18.6 Å². The summed E-state index contributed by atoms with van der Waals surface area (Å²) in [6, 6.07) is 8.40. The Balaban J connectivity index is 1.96. The molecule has 0 amide bonds. The number of fused-ring (bicyclic) bond motifs is 1. The fourth-order valence-corrected chi connectivity index (χ4v) is 2.41. The molecule has 1 aliphatic carbocycles. The number of halogens is 2. The lowest BCUT2D eigenvalue weighted by Crippen LogP contribution is -1.93. The molecule has 1 N–H and O–H groups in total. The smallest absolute Gasteiger partial charge is 0.133 e. The van der Waals surface area contributed by atoms with Crippen LogP contribution in [0.2, 0.25) is 0 Å². The monoisotopic (exact) mass is 262 g/mol. The molecule has 1 unspecified atom stereocenters. The minimum Gasteiger partial charge on any atom is -0.457 e. The summed E-state index contributed by atoms with van der Waals surface area (Å²) < 4.78 is 31.8. The molecule has 0 bridgehead atoms. The van der Waals surface area contributed by atoms with Gasteiger partial charge in [-0.2, -0.15) is 0 Å². The number of hydrogen-bond donors (Lipinski definition) is 1. The highest BCUT2D eigenvalue weighted by Crippen LogP contribution is 2.38. The van der Waals surface area contributed by atoms with Crippen molar-refractivity contribution in [1.29, 1.82) is 0 Å². The molecule has 4 heteroatoms. The molecule has 0 heterocycles. The second-order valence-electron chi connectivity index (χ2n) is 4.59. The summed E-state index contributed by atoms with van der Waals surface area (Å²) in [6.07, 6.45) is 0.861. The molecule has 3 rings (SSSR count). The summed E-state index contributed by atoms with van der Waals surface area (Å²) >= 11 is 0. The average Bonchev–Trinajstić information content (AvgIpc) is 2.71. The molecule has 0 saturated heterocycles. The molecule has 1 aliphatic rings. The standard InChI is InChI=1S/C15H12F2O2/c16-9-6-10(17)8-11(7-9)19-15-3-1-2-12-13(15)4-5-14(12)18/h1-3,6-8,14,18H,4-5H2. The third kappa shape index (κ3) is 2.31. The molecular formula is C15H12F2O2. The van der Waals surface area contributed by atoms with Crippen molar-refractivity contribution in [2.45, 2.75) is 18.9 Å². The molecule has 19 heavy (non-hydrogen) atoms. The minimum absolute atomic E-state index is 0.118. The fraction of sp³-hybridized carbons (Fsp3) is 0.200. The second kappa shape index (κ2) is 4.63. The molecule has 0 fully saturated rings.